The zero-order chi connectivity index (χ0) is 13.9. The molecule has 1 aromatic carbocycles. The van der Waals surface area contributed by atoms with Crippen LogP contribution in [0.1, 0.15) is 18.0 Å². The fourth-order valence-corrected chi connectivity index (χ4v) is 2.25. The lowest BCUT2D eigenvalue weighted by Crippen LogP contribution is -2.20. The van der Waals surface area contributed by atoms with Crippen molar-refractivity contribution in [2.75, 3.05) is 14.2 Å². The zero-order valence-corrected chi connectivity index (χ0v) is 11.4. The second kappa shape index (κ2) is 5.79. The van der Waals surface area contributed by atoms with E-state index in [0.29, 0.717) is 10.2 Å². The van der Waals surface area contributed by atoms with E-state index in [9.17, 15) is 13.2 Å². The van der Waals surface area contributed by atoms with Gasteiger partial charge in [-0.15, -0.1) is 0 Å². The van der Waals surface area contributed by atoms with E-state index < -0.39 is 18.6 Å². The molecule has 0 fully saturated rings. The van der Waals surface area contributed by atoms with Gasteiger partial charge in [-0.25, -0.2) is 0 Å². The number of halogens is 4. The summed E-state index contributed by atoms with van der Waals surface area (Å²) in [5.41, 5.74) is 5.84. The highest BCUT2D eigenvalue weighted by molar-refractivity contribution is 9.10. The van der Waals surface area contributed by atoms with E-state index in [2.05, 4.69) is 15.9 Å². The summed E-state index contributed by atoms with van der Waals surface area (Å²) in [4.78, 5) is 0. The Kier molecular flexibility index (Phi) is 4.86. The third kappa shape index (κ3) is 3.52. The third-order valence-corrected chi connectivity index (χ3v) is 3.12. The highest BCUT2D eigenvalue weighted by atomic mass is 79.9. The van der Waals surface area contributed by atoms with Gasteiger partial charge in [0.25, 0.3) is 0 Å². The maximum atomic E-state index is 12.3. The van der Waals surface area contributed by atoms with Gasteiger partial charge in [0.1, 0.15) is 16.0 Å². The molecule has 1 atom stereocenters. The van der Waals surface area contributed by atoms with E-state index in [0.717, 1.165) is 0 Å². The van der Waals surface area contributed by atoms with Crippen molar-refractivity contribution in [2.24, 2.45) is 5.73 Å². The number of nitrogens with two attached hydrogens (primary N) is 1. The minimum absolute atomic E-state index is 0.256. The van der Waals surface area contributed by atoms with Gasteiger partial charge in [-0.2, -0.15) is 13.2 Å². The smallest absolute Gasteiger partial charge is 0.390 e. The van der Waals surface area contributed by atoms with Crippen LogP contribution in [0.4, 0.5) is 13.2 Å². The van der Waals surface area contributed by atoms with E-state index in [1.807, 2.05) is 0 Å². The minimum atomic E-state index is -4.32. The van der Waals surface area contributed by atoms with Crippen molar-refractivity contribution in [3.8, 4) is 11.5 Å². The Labute approximate surface area is 111 Å². The number of methoxy groups -OCH3 is 2. The van der Waals surface area contributed by atoms with Crippen LogP contribution in [0.25, 0.3) is 0 Å². The van der Waals surface area contributed by atoms with Crippen LogP contribution < -0.4 is 15.2 Å². The Hall–Kier alpha value is -0.950. The van der Waals surface area contributed by atoms with Crippen LogP contribution >= 0.6 is 15.9 Å². The van der Waals surface area contributed by atoms with Crippen molar-refractivity contribution in [3.05, 3.63) is 22.2 Å². The molecule has 2 N–H and O–H groups in total. The lowest BCUT2D eigenvalue weighted by molar-refractivity contribution is -0.138. The average Bonchev–Trinajstić information content (AvgIpc) is 2.26. The maximum absolute atomic E-state index is 12.3. The summed E-state index contributed by atoms with van der Waals surface area (Å²) in [6.45, 7) is 0. The van der Waals surface area contributed by atoms with Crippen molar-refractivity contribution in [3.63, 3.8) is 0 Å². The normalized spacial score (nSPS) is 13.3. The summed E-state index contributed by atoms with van der Waals surface area (Å²) < 4.78 is 47.5. The van der Waals surface area contributed by atoms with Crippen LogP contribution in [-0.4, -0.2) is 20.4 Å². The van der Waals surface area contributed by atoms with E-state index in [1.54, 1.807) is 0 Å². The molecule has 0 saturated heterocycles. The van der Waals surface area contributed by atoms with Crippen molar-refractivity contribution in [2.45, 2.75) is 18.6 Å². The summed E-state index contributed by atoms with van der Waals surface area (Å²) in [6.07, 6.45) is -5.43. The summed E-state index contributed by atoms with van der Waals surface area (Å²) in [6, 6.07) is 1.83. The molecule has 0 saturated carbocycles. The van der Waals surface area contributed by atoms with E-state index >= 15 is 0 Å². The molecule has 0 amide bonds. The van der Waals surface area contributed by atoms with Crippen molar-refractivity contribution < 1.29 is 22.6 Å². The van der Waals surface area contributed by atoms with Gasteiger partial charge in [-0.1, -0.05) is 0 Å². The number of alkyl halides is 3. The average molecular weight is 328 g/mol. The zero-order valence-electron chi connectivity index (χ0n) is 9.84. The topological polar surface area (TPSA) is 44.5 Å². The molecule has 3 nitrogen and oxygen atoms in total. The maximum Gasteiger partial charge on any atom is 0.390 e. The van der Waals surface area contributed by atoms with Gasteiger partial charge in [0, 0.05) is 11.6 Å². The molecule has 1 aromatic rings. The summed E-state index contributed by atoms with van der Waals surface area (Å²) in [5.74, 6) is 0.723. The first-order valence-electron chi connectivity index (χ1n) is 5.03. The molecule has 18 heavy (non-hydrogen) atoms. The molecule has 0 aromatic heterocycles. The van der Waals surface area contributed by atoms with Gasteiger partial charge in [0.2, 0.25) is 0 Å². The second-order valence-corrected chi connectivity index (χ2v) is 4.42. The Bertz CT molecular complexity index is 423. The Morgan fingerprint density at radius 3 is 2.33 bits per heavy atom. The fourth-order valence-electron chi connectivity index (χ4n) is 1.57. The van der Waals surface area contributed by atoms with Gasteiger partial charge in [0.15, 0.2) is 0 Å². The lowest BCUT2D eigenvalue weighted by Gasteiger charge is -2.19. The molecule has 0 spiro atoms. The van der Waals surface area contributed by atoms with E-state index in [1.165, 1.54) is 26.4 Å². The summed E-state index contributed by atoms with van der Waals surface area (Å²) >= 11 is 3.21. The quantitative estimate of drug-likeness (QED) is 0.921. The molecule has 0 heterocycles. The monoisotopic (exact) mass is 327 g/mol. The molecule has 7 heteroatoms. The Morgan fingerprint density at radius 1 is 1.28 bits per heavy atom. The van der Waals surface area contributed by atoms with Crippen molar-refractivity contribution >= 4 is 15.9 Å². The molecule has 0 aliphatic heterocycles. The first-order valence-corrected chi connectivity index (χ1v) is 5.82. The largest absolute Gasteiger partial charge is 0.495 e. The first-order chi connectivity index (χ1) is 8.30. The highest BCUT2D eigenvalue weighted by Crippen LogP contribution is 2.41. The minimum Gasteiger partial charge on any atom is -0.495 e. The molecule has 1 rings (SSSR count). The van der Waals surface area contributed by atoms with Crippen LogP contribution in [0.3, 0.4) is 0 Å². The molecule has 1 unspecified atom stereocenters. The van der Waals surface area contributed by atoms with Crippen molar-refractivity contribution in [1.29, 1.82) is 0 Å². The van der Waals surface area contributed by atoms with Crippen LogP contribution in [0.15, 0.2) is 16.6 Å². The predicted octanol–water partition coefficient (Wildman–Crippen LogP) is 3.42. The molecular formula is C11H13BrF3NO2. The number of benzene rings is 1. The number of hydrogen-bond acceptors (Lipinski definition) is 3. The van der Waals surface area contributed by atoms with Gasteiger partial charge in [0.05, 0.1) is 20.6 Å². The third-order valence-electron chi connectivity index (χ3n) is 2.37. The van der Waals surface area contributed by atoms with Gasteiger partial charge >= 0.3 is 6.18 Å². The van der Waals surface area contributed by atoms with Crippen LogP contribution in [-0.2, 0) is 0 Å². The predicted molar refractivity (Wildman–Crippen MR) is 64.8 cm³/mol. The van der Waals surface area contributed by atoms with E-state index in [-0.39, 0.29) is 11.3 Å². The fraction of sp³-hybridized carbons (Fsp3) is 0.455. The van der Waals surface area contributed by atoms with Gasteiger partial charge in [-0.05, 0) is 28.1 Å². The molecule has 0 bridgehead atoms. The molecule has 0 radical (unpaired) electrons. The van der Waals surface area contributed by atoms with Crippen LogP contribution in [0.5, 0.6) is 11.5 Å². The standard InChI is InChI=1S/C11H13BrF3NO2/c1-17-8-4-3-6(10(18-2)9(8)12)7(16)5-11(13,14)15/h3-4,7H,5,16H2,1-2H3. The van der Waals surface area contributed by atoms with E-state index in [4.69, 9.17) is 15.2 Å². The van der Waals surface area contributed by atoms with Crippen LogP contribution in [0.2, 0.25) is 0 Å². The van der Waals surface area contributed by atoms with Gasteiger partial charge in [-0.3, -0.25) is 0 Å². The van der Waals surface area contributed by atoms with Gasteiger partial charge < -0.3 is 15.2 Å². The number of ether oxygens (including phenoxy) is 2. The number of rotatable bonds is 4. The molecular weight excluding hydrogens is 315 g/mol. The Balaban J connectivity index is 3.13. The highest BCUT2D eigenvalue weighted by Gasteiger charge is 2.32. The second-order valence-electron chi connectivity index (χ2n) is 3.63. The first kappa shape index (κ1) is 15.1. The summed E-state index contributed by atoms with van der Waals surface area (Å²) in [7, 11) is 2.82. The SMILES string of the molecule is COc1ccc(C(N)CC(F)(F)F)c(OC)c1Br. The summed E-state index contributed by atoms with van der Waals surface area (Å²) in [5, 5.41) is 0. The number of hydrogen-bond donors (Lipinski definition) is 1. The molecule has 0 aliphatic rings. The Morgan fingerprint density at radius 2 is 1.89 bits per heavy atom. The van der Waals surface area contributed by atoms with Crippen LogP contribution in [0, 0.1) is 0 Å². The molecule has 102 valence electrons. The van der Waals surface area contributed by atoms with Crippen molar-refractivity contribution in [1.82, 2.24) is 0 Å². The lowest BCUT2D eigenvalue weighted by atomic mass is 10.0. The molecule has 0 aliphatic carbocycles.